The minimum absolute atomic E-state index is 0.0449. The summed E-state index contributed by atoms with van der Waals surface area (Å²) in [4.78, 5) is 1.40. The van der Waals surface area contributed by atoms with Gasteiger partial charge in [-0.15, -0.1) is 0 Å². The number of nitrogens with two attached hydrogens (primary N) is 1. The Morgan fingerprint density at radius 2 is 1.76 bits per heavy atom. The lowest BCUT2D eigenvalue weighted by atomic mass is 9.89. The van der Waals surface area contributed by atoms with Gasteiger partial charge in [-0.3, -0.25) is 4.90 Å². The number of fused-ring (bicyclic) bond motifs is 1. The number of ether oxygens (including phenoxy) is 2. The van der Waals surface area contributed by atoms with Crippen LogP contribution in [0.25, 0.3) is 0 Å². The van der Waals surface area contributed by atoms with Crippen molar-refractivity contribution >= 4 is 10.0 Å². The molecule has 2 aromatic rings. The van der Waals surface area contributed by atoms with E-state index in [1.54, 1.807) is 0 Å². The van der Waals surface area contributed by atoms with Gasteiger partial charge < -0.3 is 15.2 Å². The van der Waals surface area contributed by atoms with Gasteiger partial charge in [0.05, 0.1) is 12.3 Å². The van der Waals surface area contributed by atoms with Crippen LogP contribution >= 0.6 is 0 Å². The van der Waals surface area contributed by atoms with Crippen LogP contribution in [-0.4, -0.2) is 58.9 Å². The van der Waals surface area contributed by atoms with Gasteiger partial charge in [-0.25, -0.2) is 21.6 Å². The van der Waals surface area contributed by atoms with E-state index < -0.39 is 68.9 Å². The van der Waals surface area contributed by atoms with Crippen LogP contribution in [0.5, 0.6) is 0 Å². The zero-order valence-electron chi connectivity index (χ0n) is 17.2. The molecule has 0 saturated carbocycles. The average molecular weight is 512 g/mol. The standard InChI is InChI=1S/C19H18F6N4O4S/c20-10-2-12(22)11(21)1-9(10)17-13(26)3-15(18(33-17)19(23,24)25)28-4-8-5-29(27-14(8)6-28)34(30,31)16-7-32-16/h1-2,5,13,15-18H,3-4,6-7,26H2/t13-,15+,16?,17+,18+/m0/s1. The van der Waals surface area contributed by atoms with Crippen molar-refractivity contribution in [3.8, 4) is 0 Å². The van der Waals surface area contributed by atoms with Gasteiger partial charge in [0.15, 0.2) is 17.7 Å². The first-order valence-corrected chi connectivity index (χ1v) is 11.7. The second-order valence-corrected chi connectivity index (χ2v) is 10.4. The van der Waals surface area contributed by atoms with Gasteiger partial charge in [-0.2, -0.15) is 22.4 Å². The Balaban J connectivity index is 1.39. The van der Waals surface area contributed by atoms with Gasteiger partial charge >= 0.3 is 6.18 Å². The highest BCUT2D eigenvalue weighted by molar-refractivity contribution is 7.90. The van der Waals surface area contributed by atoms with Gasteiger partial charge in [0.25, 0.3) is 10.0 Å². The lowest BCUT2D eigenvalue weighted by Gasteiger charge is -2.44. The highest BCUT2D eigenvalue weighted by Gasteiger charge is 2.54. The summed E-state index contributed by atoms with van der Waals surface area (Å²) in [6.45, 7) is -0.0991. The lowest BCUT2D eigenvalue weighted by Crippen LogP contribution is -2.58. The van der Waals surface area contributed by atoms with E-state index in [0.29, 0.717) is 11.6 Å². The van der Waals surface area contributed by atoms with Crippen LogP contribution in [0.4, 0.5) is 26.3 Å². The summed E-state index contributed by atoms with van der Waals surface area (Å²) in [5.41, 5.74) is 5.13. The first-order valence-electron chi connectivity index (χ1n) is 10.2. The molecule has 15 heteroatoms. The Morgan fingerprint density at radius 3 is 2.38 bits per heavy atom. The molecule has 34 heavy (non-hydrogen) atoms. The molecule has 186 valence electrons. The molecule has 1 aromatic heterocycles. The maximum atomic E-state index is 14.2. The summed E-state index contributed by atoms with van der Waals surface area (Å²) in [6.07, 6.45) is -8.02. The molecule has 0 amide bonds. The van der Waals surface area contributed by atoms with Crippen LogP contribution in [0.1, 0.15) is 29.3 Å². The van der Waals surface area contributed by atoms with E-state index in [-0.39, 0.29) is 37.9 Å². The summed E-state index contributed by atoms with van der Waals surface area (Å²) < 4.78 is 118. The molecule has 0 bridgehead atoms. The van der Waals surface area contributed by atoms with Gasteiger partial charge in [0.1, 0.15) is 11.9 Å². The van der Waals surface area contributed by atoms with Crippen molar-refractivity contribution < 1.29 is 44.2 Å². The van der Waals surface area contributed by atoms with Crippen molar-refractivity contribution in [3.05, 3.63) is 52.6 Å². The Kier molecular flexibility index (Phi) is 5.48. The van der Waals surface area contributed by atoms with E-state index in [9.17, 15) is 34.8 Å². The van der Waals surface area contributed by atoms with Gasteiger partial charge in [0, 0.05) is 48.6 Å². The number of rotatable bonds is 4. The summed E-state index contributed by atoms with van der Waals surface area (Å²) in [6, 6.07) is -1.79. The third kappa shape index (κ3) is 3.98. The van der Waals surface area contributed by atoms with E-state index >= 15 is 0 Å². The second-order valence-electron chi connectivity index (χ2n) is 8.46. The number of aromatic nitrogens is 2. The molecule has 2 fully saturated rings. The first kappa shape index (κ1) is 23.5. The molecule has 5 atom stereocenters. The SMILES string of the molecule is N[C@H]1C[C@@H](N2Cc3cn(S(=O)(=O)C4CO4)nc3C2)[C@H](C(F)(F)F)O[C@@H]1c1cc(F)c(F)cc1F. The van der Waals surface area contributed by atoms with Crippen molar-refractivity contribution in [3.63, 3.8) is 0 Å². The summed E-state index contributed by atoms with van der Waals surface area (Å²) >= 11 is 0. The molecule has 3 aliphatic rings. The van der Waals surface area contributed by atoms with E-state index in [4.69, 9.17) is 15.2 Å². The topological polar surface area (TPSA) is 103 Å². The molecule has 2 N–H and O–H groups in total. The summed E-state index contributed by atoms with van der Waals surface area (Å²) in [7, 11) is -3.83. The number of hydrogen-bond acceptors (Lipinski definition) is 7. The molecule has 8 nitrogen and oxygen atoms in total. The van der Waals surface area contributed by atoms with Gasteiger partial charge in [-0.1, -0.05) is 0 Å². The predicted octanol–water partition coefficient (Wildman–Crippen LogP) is 1.94. The maximum Gasteiger partial charge on any atom is 0.416 e. The largest absolute Gasteiger partial charge is 0.416 e. The van der Waals surface area contributed by atoms with E-state index in [1.165, 1.54) is 11.1 Å². The van der Waals surface area contributed by atoms with Crippen LogP contribution in [0.3, 0.4) is 0 Å². The van der Waals surface area contributed by atoms with E-state index in [2.05, 4.69) is 5.10 Å². The van der Waals surface area contributed by atoms with Crippen molar-refractivity contribution in [2.24, 2.45) is 5.73 Å². The minimum atomic E-state index is -4.88. The molecule has 3 aliphatic heterocycles. The van der Waals surface area contributed by atoms with Crippen LogP contribution < -0.4 is 5.73 Å². The Labute approximate surface area is 189 Å². The van der Waals surface area contributed by atoms with Crippen molar-refractivity contribution in [1.82, 2.24) is 14.1 Å². The number of nitrogens with zero attached hydrogens (tertiary/aromatic N) is 3. The average Bonchev–Trinajstić information content (AvgIpc) is 3.41. The smallest absolute Gasteiger partial charge is 0.357 e. The molecule has 1 unspecified atom stereocenters. The molecule has 0 spiro atoms. The number of hydrogen-bond donors (Lipinski definition) is 1. The van der Waals surface area contributed by atoms with Crippen LogP contribution in [-0.2, 0) is 32.6 Å². The zero-order chi connectivity index (χ0) is 24.6. The molecule has 1 aromatic carbocycles. The number of alkyl halides is 3. The molecule has 5 rings (SSSR count). The van der Waals surface area contributed by atoms with Crippen LogP contribution in [0.2, 0.25) is 0 Å². The maximum absolute atomic E-state index is 14.2. The Hall–Kier alpha value is -2.20. The summed E-state index contributed by atoms with van der Waals surface area (Å²) in [5, 5.41) is 3.99. The lowest BCUT2D eigenvalue weighted by molar-refractivity contribution is -0.269. The normalized spacial score (nSPS) is 29.9. The highest BCUT2D eigenvalue weighted by atomic mass is 32.2. The summed E-state index contributed by atoms with van der Waals surface area (Å²) in [5.74, 6) is -4.20. The first-order chi connectivity index (χ1) is 15.9. The fourth-order valence-corrected chi connectivity index (χ4v) is 5.57. The Bertz CT molecular complexity index is 1210. The molecule has 4 heterocycles. The number of halogens is 6. The zero-order valence-corrected chi connectivity index (χ0v) is 18.0. The molecule has 2 saturated heterocycles. The molecule has 0 radical (unpaired) electrons. The van der Waals surface area contributed by atoms with Gasteiger partial charge in [0.2, 0.25) is 5.44 Å². The predicted molar refractivity (Wildman–Crippen MR) is 102 cm³/mol. The second kappa shape index (κ2) is 7.91. The van der Waals surface area contributed by atoms with E-state index in [0.717, 1.165) is 4.09 Å². The van der Waals surface area contributed by atoms with Crippen molar-refractivity contribution in [2.75, 3.05) is 6.61 Å². The third-order valence-electron chi connectivity index (χ3n) is 6.16. The quantitative estimate of drug-likeness (QED) is 0.380. The third-order valence-corrected chi connectivity index (χ3v) is 7.81. The number of epoxide rings is 1. The molecular formula is C19H18F6N4O4S. The Morgan fingerprint density at radius 1 is 1.09 bits per heavy atom. The molecule has 0 aliphatic carbocycles. The van der Waals surface area contributed by atoms with Crippen molar-refractivity contribution in [1.29, 1.82) is 0 Å². The van der Waals surface area contributed by atoms with Crippen LogP contribution in [0.15, 0.2) is 18.3 Å². The van der Waals surface area contributed by atoms with Gasteiger partial charge in [-0.05, 0) is 12.5 Å². The number of benzene rings is 1. The molecular weight excluding hydrogens is 494 g/mol. The van der Waals surface area contributed by atoms with Crippen LogP contribution in [0, 0.1) is 17.5 Å². The monoisotopic (exact) mass is 512 g/mol. The fraction of sp³-hybridized carbons (Fsp3) is 0.526. The van der Waals surface area contributed by atoms with Crippen molar-refractivity contribution in [2.45, 2.75) is 55.4 Å². The minimum Gasteiger partial charge on any atom is -0.357 e. The highest BCUT2D eigenvalue weighted by Crippen LogP contribution is 2.42. The van der Waals surface area contributed by atoms with E-state index in [1.807, 2.05) is 0 Å². The fourth-order valence-electron chi connectivity index (χ4n) is 4.42.